The van der Waals surface area contributed by atoms with E-state index in [2.05, 4.69) is 0 Å². The van der Waals surface area contributed by atoms with Crippen molar-refractivity contribution in [3.8, 4) is 0 Å². The van der Waals surface area contributed by atoms with Crippen LogP contribution in [0.4, 0.5) is 0 Å². The molecule has 0 heterocycles. The molecule has 3 rings (SSSR count). The molecule has 0 bridgehead atoms. The molecule has 0 N–H and O–H groups in total. The Hall–Kier alpha value is -3.53. The number of aliphatic imine (C=N–C) groups is 1. The topological polar surface area (TPSA) is 55.7 Å². The lowest BCUT2D eigenvalue weighted by Crippen LogP contribution is -2.24. The molecule has 0 saturated heterocycles. The van der Waals surface area contributed by atoms with E-state index in [-0.39, 0.29) is 18.6 Å². The largest absolute Gasteiger partial charge is 0.467 e. The molecule has 146 valence electrons. The molecule has 4 nitrogen and oxygen atoms in total. The van der Waals surface area contributed by atoms with Crippen molar-refractivity contribution in [3.05, 3.63) is 108 Å². The summed E-state index contributed by atoms with van der Waals surface area (Å²) < 4.78 is 4.97. The summed E-state index contributed by atoms with van der Waals surface area (Å²) in [6, 6.07) is 27.7. The van der Waals surface area contributed by atoms with Crippen molar-refractivity contribution in [2.75, 3.05) is 7.11 Å². The van der Waals surface area contributed by atoms with Gasteiger partial charge in [-0.1, -0.05) is 91.0 Å². The number of ketones is 1. The lowest BCUT2D eigenvalue weighted by atomic mass is 10.0. The Morgan fingerprint density at radius 1 is 0.759 bits per heavy atom. The van der Waals surface area contributed by atoms with Crippen LogP contribution in [0.15, 0.2) is 96.0 Å². The van der Waals surface area contributed by atoms with Crippen LogP contribution in [0.2, 0.25) is 0 Å². The first kappa shape index (κ1) is 20.2. The first-order chi connectivity index (χ1) is 14.2. The van der Waals surface area contributed by atoms with Crippen molar-refractivity contribution >= 4 is 17.5 Å². The van der Waals surface area contributed by atoms with Gasteiger partial charge in [0.2, 0.25) is 0 Å². The minimum atomic E-state index is -0.761. The van der Waals surface area contributed by atoms with Gasteiger partial charge in [0.15, 0.2) is 5.78 Å². The second kappa shape index (κ2) is 10.1. The molecule has 0 unspecified atom stereocenters. The maximum atomic E-state index is 12.5. The zero-order valence-electron chi connectivity index (χ0n) is 16.3. The van der Waals surface area contributed by atoms with Crippen LogP contribution >= 0.6 is 0 Å². The summed E-state index contributed by atoms with van der Waals surface area (Å²) in [5, 5.41) is 0. The fourth-order valence-electron chi connectivity index (χ4n) is 3.07. The number of hydrogen-bond acceptors (Lipinski definition) is 4. The maximum absolute atomic E-state index is 12.5. The first-order valence-corrected chi connectivity index (χ1v) is 9.53. The Labute approximate surface area is 170 Å². The standard InChI is InChI=1S/C25H23NO3/c1-29-25(28)22(17-18-23(27)19-11-5-2-6-12-19)26-24(20-13-7-3-8-14-20)21-15-9-4-10-16-21/h2-16,22H,17-18H2,1H3/t22-/m0/s1. The van der Waals surface area contributed by atoms with E-state index in [1.54, 1.807) is 12.1 Å². The third-order valence-corrected chi connectivity index (χ3v) is 4.59. The van der Waals surface area contributed by atoms with Gasteiger partial charge in [0.05, 0.1) is 12.8 Å². The third-order valence-electron chi connectivity index (χ3n) is 4.59. The van der Waals surface area contributed by atoms with E-state index in [1.807, 2.05) is 78.9 Å². The molecule has 0 spiro atoms. The van der Waals surface area contributed by atoms with Gasteiger partial charge in [-0.15, -0.1) is 0 Å². The molecule has 4 heteroatoms. The van der Waals surface area contributed by atoms with Gasteiger partial charge in [0, 0.05) is 23.1 Å². The lowest BCUT2D eigenvalue weighted by molar-refractivity contribution is -0.142. The molecule has 0 aliphatic rings. The van der Waals surface area contributed by atoms with Crippen molar-refractivity contribution in [1.29, 1.82) is 0 Å². The molecule has 0 aliphatic carbocycles. The molecular formula is C25H23NO3. The van der Waals surface area contributed by atoms with Crippen molar-refractivity contribution in [2.45, 2.75) is 18.9 Å². The van der Waals surface area contributed by atoms with Crippen LogP contribution in [-0.4, -0.2) is 30.6 Å². The van der Waals surface area contributed by atoms with Crippen LogP contribution < -0.4 is 0 Å². The summed E-state index contributed by atoms with van der Waals surface area (Å²) in [5.74, 6) is -0.467. The Morgan fingerprint density at radius 2 is 1.21 bits per heavy atom. The second-order valence-electron chi connectivity index (χ2n) is 6.58. The van der Waals surface area contributed by atoms with Crippen LogP contribution in [0.1, 0.15) is 34.3 Å². The smallest absolute Gasteiger partial charge is 0.330 e. The van der Waals surface area contributed by atoms with Gasteiger partial charge in [0.25, 0.3) is 0 Å². The van der Waals surface area contributed by atoms with Crippen LogP contribution in [0.5, 0.6) is 0 Å². The zero-order valence-corrected chi connectivity index (χ0v) is 16.3. The maximum Gasteiger partial charge on any atom is 0.330 e. The molecule has 0 aromatic heterocycles. The van der Waals surface area contributed by atoms with Gasteiger partial charge in [-0.25, -0.2) is 4.79 Å². The predicted octanol–water partition coefficient (Wildman–Crippen LogP) is 4.73. The molecule has 3 aromatic rings. The Balaban J connectivity index is 1.90. The molecule has 0 radical (unpaired) electrons. The fraction of sp³-hybridized carbons (Fsp3) is 0.160. The molecule has 1 atom stereocenters. The number of carbonyl (C=O) groups is 2. The summed E-state index contributed by atoms with van der Waals surface area (Å²) in [6.45, 7) is 0. The number of Topliss-reactive ketones (excluding diaryl/α,β-unsaturated/α-hetero) is 1. The molecule has 0 fully saturated rings. The Kier molecular flexibility index (Phi) is 7.06. The molecule has 0 amide bonds. The van der Waals surface area contributed by atoms with Gasteiger partial charge in [0.1, 0.15) is 6.04 Å². The minimum absolute atomic E-state index is 0.0179. The highest BCUT2D eigenvalue weighted by Gasteiger charge is 2.22. The Bertz CT molecular complexity index is 925. The van der Waals surface area contributed by atoms with Crippen molar-refractivity contribution < 1.29 is 14.3 Å². The number of esters is 1. The highest BCUT2D eigenvalue weighted by atomic mass is 16.5. The van der Waals surface area contributed by atoms with Gasteiger partial charge in [-0.3, -0.25) is 9.79 Å². The van der Waals surface area contributed by atoms with E-state index in [0.717, 1.165) is 11.1 Å². The highest BCUT2D eigenvalue weighted by Crippen LogP contribution is 2.16. The summed E-state index contributed by atoms with van der Waals surface area (Å²) in [5.41, 5.74) is 3.14. The van der Waals surface area contributed by atoms with Gasteiger partial charge in [-0.2, -0.15) is 0 Å². The SMILES string of the molecule is COC(=O)[C@H](CCC(=O)c1ccccc1)N=C(c1ccccc1)c1ccccc1. The number of ether oxygens (including phenoxy) is 1. The molecule has 0 saturated carbocycles. The van der Waals surface area contributed by atoms with Crippen LogP contribution in [0, 0.1) is 0 Å². The van der Waals surface area contributed by atoms with Crippen molar-refractivity contribution in [2.24, 2.45) is 4.99 Å². The van der Waals surface area contributed by atoms with Crippen LogP contribution in [0.25, 0.3) is 0 Å². The highest BCUT2D eigenvalue weighted by molar-refractivity contribution is 6.13. The number of hydrogen-bond donors (Lipinski definition) is 0. The van der Waals surface area contributed by atoms with Crippen LogP contribution in [-0.2, 0) is 9.53 Å². The first-order valence-electron chi connectivity index (χ1n) is 9.53. The predicted molar refractivity (Wildman–Crippen MR) is 114 cm³/mol. The van der Waals surface area contributed by atoms with E-state index >= 15 is 0 Å². The van der Waals surface area contributed by atoms with Gasteiger partial charge < -0.3 is 4.74 Å². The average molecular weight is 385 g/mol. The van der Waals surface area contributed by atoms with Crippen molar-refractivity contribution in [1.82, 2.24) is 0 Å². The molecular weight excluding hydrogens is 362 g/mol. The number of benzene rings is 3. The van der Waals surface area contributed by atoms with E-state index in [1.165, 1.54) is 7.11 Å². The zero-order chi connectivity index (χ0) is 20.5. The van der Waals surface area contributed by atoms with Gasteiger partial charge >= 0.3 is 5.97 Å². The Morgan fingerprint density at radius 3 is 1.66 bits per heavy atom. The summed E-state index contributed by atoms with van der Waals surface area (Å²) in [4.78, 5) is 29.6. The van der Waals surface area contributed by atoms with E-state index in [4.69, 9.17) is 9.73 Å². The number of rotatable bonds is 8. The number of nitrogens with zero attached hydrogens (tertiary/aromatic N) is 1. The molecule has 3 aromatic carbocycles. The summed E-state index contributed by atoms with van der Waals surface area (Å²) in [7, 11) is 1.34. The fourth-order valence-corrected chi connectivity index (χ4v) is 3.07. The summed E-state index contributed by atoms with van der Waals surface area (Å²) in [6.07, 6.45) is 0.494. The quantitative estimate of drug-likeness (QED) is 0.320. The normalized spacial score (nSPS) is 11.3. The molecule has 29 heavy (non-hydrogen) atoms. The van der Waals surface area contributed by atoms with Crippen LogP contribution in [0.3, 0.4) is 0 Å². The van der Waals surface area contributed by atoms with Gasteiger partial charge in [-0.05, 0) is 6.42 Å². The molecule has 0 aliphatic heterocycles. The number of methoxy groups -OCH3 is 1. The second-order valence-corrected chi connectivity index (χ2v) is 6.58. The van der Waals surface area contributed by atoms with Crippen molar-refractivity contribution in [3.63, 3.8) is 0 Å². The van der Waals surface area contributed by atoms with E-state index in [9.17, 15) is 9.59 Å². The minimum Gasteiger partial charge on any atom is -0.467 e. The monoisotopic (exact) mass is 385 g/mol. The van der Waals surface area contributed by atoms with E-state index < -0.39 is 12.0 Å². The lowest BCUT2D eigenvalue weighted by Gasteiger charge is -2.14. The number of carbonyl (C=O) groups excluding carboxylic acids is 2. The average Bonchev–Trinajstić information content (AvgIpc) is 2.80. The summed E-state index contributed by atoms with van der Waals surface area (Å²) >= 11 is 0. The van der Waals surface area contributed by atoms with E-state index in [0.29, 0.717) is 11.3 Å². The third kappa shape index (κ3) is 5.48.